The molecule has 2 bridgehead atoms. The first-order chi connectivity index (χ1) is 20.5. The maximum Gasteiger partial charge on any atom is 0.255 e. The quantitative estimate of drug-likeness (QED) is 0.326. The predicted molar refractivity (Wildman–Crippen MR) is 165 cm³/mol. The molecule has 1 amide bonds. The molecule has 3 heterocycles. The first kappa shape index (κ1) is 29.8. The fourth-order valence-electron chi connectivity index (χ4n) is 6.87. The molecule has 43 heavy (non-hydrogen) atoms. The molecule has 228 valence electrons. The predicted octanol–water partition coefficient (Wildman–Crippen LogP) is 5.75. The van der Waals surface area contributed by atoms with Gasteiger partial charge in [0, 0.05) is 52.4 Å². The van der Waals surface area contributed by atoms with Crippen LogP contribution in [0.2, 0.25) is 5.02 Å². The molecule has 3 aliphatic heterocycles. The smallest absolute Gasteiger partial charge is 0.255 e. The topological polar surface area (TPSA) is 64.2 Å². The second kappa shape index (κ2) is 11.7. The van der Waals surface area contributed by atoms with E-state index in [1.165, 1.54) is 5.56 Å². The highest BCUT2D eigenvalue weighted by atomic mass is 35.5. The molecule has 0 saturated carbocycles. The number of rotatable bonds is 6. The Labute approximate surface area is 256 Å². The third-order valence-corrected chi connectivity index (χ3v) is 11.3. The van der Waals surface area contributed by atoms with Crippen LogP contribution in [-0.4, -0.2) is 75.9 Å². The Morgan fingerprint density at radius 1 is 0.884 bits per heavy atom. The van der Waals surface area contributed by atoms with Gasteiger partial charge in [-0.3, -0.25) is 4.79 Å². The molecule has 2 atom stereocenters. The van der Waals surface area contributed by atoms with Gasteiger partial charge in [0.05, 0.1) is 26.9 Å². The van der Waals surface area contributed by atoms with Gasteiger partial charge in [0.25, 0.3) is 5.91 Å². The largest absolute Gasteiger partial charge is 0.376 e. The number of amides is 1. The van der Waals surface area contributed by atoms with Crippen molar-refractivity contribution >= 4 is 38.9 Å². The number of benzene rings is 3. The average molecular weight is 629 g/mol. The molecule has 0 radical (unpaired) electrons. The van der Waals surface area contributed by atoms with E-state index < -0.39 is 27.6 Å². The molecule has 3 saturated heterocycles. The zero-order valence-corrected chi connectivity index (χ0v) is 25.8. The van der Waals surface area contributed by atoms with Gasteiger partial charge in [-0.2, -0.15) is 4.31 Å². The molecule has 3 aromatic carbocycles. The Balaban J connectivity index is 1.24. The maximum atomic E-state index is 14.0. The molecule has 3 aliphatic rings. The van der Waals surface area contributed by atoms with E-state index in [9.17, 15) is 22.0 Å². The molecular weight excluding hydrogens is 594 g/mol. The number of carbonyl (C=O) groups excluding carboxylic acids is 1. The lowest BCUT2D eigenvalue weighted by atomic mass is 9.90. The molecule has 0 spiro atoms. The van der Waals surface area contributed by atoms with Crippen LogP contribution in [0.25, 0.3) is 0 Å². The van der Waals surface area contributed by atoms with Crippen molar-refractivity contribution in [3.05, 3.63) is 88.4 Å². The normalized spacial score (nSPS) is 21.3. The summed E-state index contributed by atoms with van der Waals surface area (Å²) in [6.07, 6.45) is 3.18. The van der Waals surface area contributed by atoms with Gasteiger partial charge in [-0.05, 0) is 67.5 Å². The number of anilines is 2. The van der Waals surface area contributed by atoms with Gasteiger partial charge in [-0.25, -0.2) is 17.2 Å². The molecular formula is C32H35ClF2N4O3S. The fraction of sp³-hybridized carbons (Fsp3) is 0.406. The Morgan fingerprint density at radius 3 is 2.14 bits per heavy atom. The van der Waals surface area contributed by atoms with Crippen LogP contribution in [0, 0.1) is 11.6 Å². The molecule has 3 fully saturated rings. The fourth-order valence-corrected chi connectivity index (χ4v) is 8.59. The van der Waals surface area contributed by atoms with E-state index in [-0.39, 0.29) is 27.6 Å². The summed E-state index contributed by atoms with van der Waals surface area (Å²) in [6.45, 7) is 1.65. The minimum Gasteiger partial charge on any atom is -0.376 e. The lowest BCUT2D eigenvalue weighted by Crippen LogP contribution is -2.55. The van der Waals surface area contributed by atoms with Gasteiger partial charge in [-0.1, -0.05) is 41.9 Å². The highest BCUT2D eigenvalue weighted by Crippen LogP contribution is 2.42. The molecule has 3 aromatic rings. The number of likely N-dealkylation sites (tertiary alicyclic amines) is 1. The van der Waals surface area contributed by atoms with Crippen molar-refractivity contribution in [2.75, 3.05) is 50.1 Å². The summed E-state index contributed by atoms with van der Waals surface area (Å²) >= 11 is 6.12. The third kappa shape index (κ3) is 5.60. The molecule has 0 N–H and O–H groups in total. The number of hydrogen-bond donors (Lipinski definition) is 0. The zero-order chi connectivity index (χ0) is 30.5. The van der Waals surface area contributed by atoms with Crippen LogP contribution in [0.4, 0.5) is 20.2 Å². The van der Waals surface area contributed by atoms with Gasteiger partial charge >= 0.3 is 0 Å². The van der Waals surface area contributed by atoms with Crippen LogP contribution in [0.1, 0.15) is 47.5 Å². The summed E-state index contributed by atoms with van der Waals surface area (Å²) in [5, 5.41) is -0.126. The maximum absolute atomic E-state index is 14.0. The van der Waals surface area contributed by atoms with Crippen molar-refractivity contribution in [1.82, 2.24) is 9.21 Å². The van der Waals surface area contributed by atoms with E-state index in [0.717, 1.165) is 49.2 Å². The molecule has 6 rings (SSSR count). The van der Waals surface area contributed by atoms with Crippen LogP contribution in [0.3, 0.4) is 0 Å². The van der Waals surface area contributed by atoms with E-state index >= 15 is 0 Å². The van der Waals surface area contributed by atoms with Gasteiger partial charge in [-0.15, -0.1) is 0 Å². The molecule has 0 unspecified atom stereocenters. The van der Waals surface area contributed by atoms with Gasteiger partial charge in [0.15, 0.2) is 11.6 Å². The SMILES string of the molecule is CN(C)c1ccc(S(=O)(=O)N2CCC(c3ccccc3)CC2)cc1N1[C@@H]2CC[C@H]1CN(C(=O)c1cc(F)c(F)cc1Cl)C2. The Hall–Kier alpha value is -3.21. The van der Waals surface area contributed by atoms with E-state index in [2.05, 4.69) is 17.0 Å². The standard InChI is InChI=1S/C32H35ClF2N4O3S/c1-36(2)30-11-10-25(43(41,42)38-14-12-22(13-15-38)21-6-4-3-5-7-21)16-31(30)39-23-8-9-24(39)20-37(19-23)32(40)26-17-28(34)29(35)18-27(26)33/h3-7,10-11,16-18,22-24H,8-9,12-15,19-20H2,1-2H3/t23-,24+. The van der Waals surface area contributed by atoms with Gasteiger partial charge < -0.3 is 14.7 Å². The second-order valence-corrected chi connectivity index (χ2v) is 14.2. The van der Waals surface area contributed by atoms with Crippen molar-refractivity contribution < 1.29 is 22.0 Å². The van der Waals surface area contributed by atoms with Crippen molar-refractivity contribution in [3.8, 4) is 0 Å². The number of piperazine rings is 1. The van der Waals surface area contributed by atoms with Gasteiger partial charge in [0.1, 0.15) is 0 Å². The Kier molecular flexibility index (Phi) is 8.12. The summed E-state index contributed by atoms with van der Waals surface area (Å²) in [5.41, 5.74) is 2.89. The first-order valence-electron chi connectivity index (χ1n) is 14.6. The first-order valence-corrected chi connectivity index (χ1v) is 16.4. The summed E-state index contributed by atoms with van der Waals surface area (Å²) in [7, 11) is 0.134. The lowest BCUT2D eigenvalue weighted by Gasteiger charge is -2.44. The minimum absolute atomic E-state index is 0.0634. The van der Waals surface area contributed by atoms with Crippen LogP contribution in [0.15, 0.2) is 65.6 Å². The van der Waals surface area contributed by atoms with E-state index in [1.54, 1.807) is 21.3 Å². The summed E-state index contributed by atoms with van der Waals surface area (Å²) in [5.74, 6) is -2.32. The lowest BCUT2D eigenvalue weighted by molar-refractivity contribution is 0.0717. The molecule has 11 heteroatoms. The monoisotopic (exact) mass is 628 g/mol. The highest BCUT2D eigenvalue weighted by molar-refractivity contribution is 7.89. The van der Waals surface area contributed by atoms with Crippen molar-refractivity contribution in [3.63, 3.8) is 0 Å². The number of hydrogen-bond acceptors (Lipinski definition) is 5. The summed E-state index contributed by atoms with van der Waals surface area (Å²) in [4.78, 5) is 19.5. The van der Waals surface area contributed by atoms with Crippen LogP contribution < -0.4 is 9.80 Å². The van der Waals surface area contributed by atoms with Crippen molar-refractivity contribution in [2.45, 2.75) is 48.6 Å². The van der Waals surface area contributed by atoms with Crippen LogP contribution in [0.5, 0.6) is 0 Å². The number of piperidine rings is 1. The highest BCUT2D eigenvalue weighted by Gasteiger charge is 2.43. The van der Waals surface area contributed by atoms with Crippen LogP contribution >= 0.6 is 11.6 Å². The summed E-state index contributed by atoms with van der Waals surface area (Å²) < 4.78 is 56.9. The van der Waals surface area contributed by atoms with Crippen molar-refractivity contribution in [1.29, 1.82) is 0 Å². The van der Waals surface area contributed by atoms with E-state index in [4.69, 9.17) is 11.6 Å². The number of fused-ring (bicyclic) bond motifs is 2. The van der Waals surface area contributed by atoms with Crippen LogP contribution in [-0.2, 0) is 10.0 Å². The van der Waals surface area contributed by atoms with E-state index in [0.29, 0.717) is 32.1 Å². The third-order valence-electron chi connectivity index (χ3n) is 9.08. The average Bonchev–Trinajstić information content (AvgIpc) is 3.27. The zero-order valence-electron chi connectivity index (χ0n) is 24.2. The number of halogens is 3. The Morgan fingerprint density at radius 2 is 1.51 bits per heavy atom. The minimum atomic E-state index is -3.72. The molecule has 0 aliphatic carbocycles. The second-order valence-electron chi connectivity index (χ2n) is 11.9. The molecule has 0 aromatic heterocycles. The molecule has 7 nitrogen and oxygen atoms in total. The van der Waals surface area contributed by atoms with E-state index in [1.807, 2.05) is 43.3 Å². The van der Waals surface area contributed by atoms with Crippen molar-refractivity contribution in [2.24, 2.45) is 0 Å². The van der Waals surface area contributed by atoms with Gasteiger partial charge in [0.2, 0.25) is 10.0 Å². The number of nitrogens with zero attached hydrogens (tertiary/aromatic N) is 4. The number of carbonyl (C=O) groups is 1. The number of sulfonamides is 1. The Bertz CT molecular complexity index is 1620. The summed E-state index contributed by atoms with van der Waals surface area (Å²) in [6, 6.07) is 17.1.